The van der Waals surface area contributed by atoms with Gasteiger partial charge in [0.05, 0.1) is 6.10 Å². The van der Waals surface area contributed by atoms with E-state index in [1.807, 2.05) is 33.8 Å². The zero-order valence-corrected chi connectivity index (χ0v) is 17.3. The van der Waals surface area contributed by atoms with Gasteiger partial charge < -0.3 is 10.0 Å². The number of halogens is 1. The molecule has 1 aliphatic rings. The van der Waals surface area contributed by atoms with Gasteiger partial charge in [0.25, 0.3) is 0 Å². The van der Waals surface area contributed by atoms with Crippen molar-refractivity contribution in [2.24, 2.45) is 5.92 Å². The van der Waals surface area contributed by atoms with E-state index >= 15 is 0 Å². The van der Waals surface area contributed by atoms with Crippen LogP contribution in [-0.4, -0.2) is 58.8 Å². The van der Waals surface area contributed by atoms with Crippen LogP contribution in [0.3, 0.4) is 0 Å². The van der Waals surface area contributed by atoms with Crippen molar-refractivity contribution in [1.29, 1.82) is 0 Å². The first-order valence-corrected chi connectivity index (χ1v) is 10.1. The van der Waals surface area contributed by atoms with Gasteiger partial charge in [-0.25, -0.2) is 14.4 Å². The molecule has 5 nitrogen and oxygen atoms in total. The smallest absolute Gasteiger partial charge is 0.136 e. The van der Waals surface area contributed by atoms with Crippen molar-refractivity contribution >= 4 is 5.82 Å². The van der Waals surface area contributed by atoms with Gasteiger partial charge in [0.15, 0.2) is 0 Å². The number of hydrogen-bond acceptors (Lipinski definition) is 5. The molecule has 2 heterocycles. The number of anilines is 1. The van der Waals surface area contributed by atoms with Crippen molar-refractivity contribution in [1.82, 2.24) is 14.9 Å². The molecule has 1 unspecified atom stereocenters. The zero-order valence-electron chi connectivity index (χ0n) is 17.3. The Morgan fingerprint density at radius 1 is 1.11 bits per heavy atom. The van der Waals surface area contributed by atoms with E-state index in [9.17, 15) is 9.50 Å². The predicted molar refractivity (Wildman–Crippen MR) is 110 cm³/mol. The van der Waals surface area contributed by atoms with Crippen LogP contribution in [0.25, 0.3) is 0 Å². The van der Waals surface area contributed by atoms with E-state index in [0.717, 1.165) is 54.6 Å². The average molecular weight is 387 g/mol. The Balaban J connectivity index is 1.77. The third-order valence-electron chi connectivity index (χ3n) is 5.46. The molecule has 0 aliphatic carbocycles. The Labute approximate surface area is 167 Å². The third kappa shape index (κ3) is 5.06. The van der Waals surface area contributed by atoms with Crippen molar-refractivity contribution < 1.29 is 9.50 Å². The van der Waals surface area contributed by atoms with E-state index < -0.39 is 0 Å². The van der Waals surface area contributed by atoms with Gasteiger partial charge in [0.1, 0.15) is 17.5 Å². The highest BCUT2D eigenvalue weighted by Gasteiger charge is 2.24. The molecule has 1 aromatic carbocycles. The summed E-state index contributed by atoms with van der Waals surface area (Å²) >= 11 is 0. The summed E-state index contributed by atoms with van der Waals surface area (Å²) in [5, 5.41) is 10.2. The summed E-state index contributed by atoms with van der Waals surface area (Å²) in [6.45, 7) is 12.2. The second-order valence-corrected chi connectivity index (χ2v) is 8.06. The highest BCUT2D eigenvalue weighted by Crippen LogP contribution is 2.25. The Morgan fingerprint density at radius 3 is 2.46 bits per heavy atom. The number of aromatic nitrogens is 2. The molecular formula is C22H31FN4O. The molecule has 28 heavy (non-hydrogen) atoms. The summed E-state index contributed by atoms with van der Waals surface area (Å²) in [5.41, 5.74) is 2.94. The van der Waals surface area contributed by atoms with Gasteiger partial charge in [-0.2, -0.15) is 0 Å². The van der Waals surface area contributed by atoms with Gasteiger partial charge in [-0.3, -0.25) is 4.90 Å². The molecule has 1 saturated heterocycles. The van der Waals surface area contributed by atoms with Gasteiger partial charge in [0.2, 0.25) is 0 Å². The van der Waals surface area contributed by atoms with E-state index in [1.54, 1.807) is 12.1 Å². The van der Waals surface area contributed by atoms with Crippen LogP contribution in [0.15, 0.2) is 24.3 Å². The zero-order chi connectivity index (χ0) is 20.3. The molecular weight excluding hydrogens is 355 g/mol. The van der Waals surface area contributed by atoms with Crippen molar-refractivity contribution in [3.63, 3.8) is 0 Å². The van der Waals surface area contributed by atoms with E-state index in [-0.39, 0.29) is 17.8 Å². The monoisotopic (exact) mass is 386 g/mol. The average Bonchev–Trinajstić information content (AvgIpc) is 2.64. The maximum atomic E-state index is 13.6. The summed E-state index contributed by atoms with van der Waals surface area (Å²) in [6, 6.07) is 6.73. The predicted octanol–water partition coefficient (Wildman–Crippen LogP) is 2.96. The van der Waals surface area contributed by atoms with Crippen LogP contribution >= 0.6 is 0 Å². The maximum absolute atomic E-state index is 13.6. The Bertz CT molecular complexity index is 803. The fourth-order valence-corrected chi connectivity index (χ4v) is 3.65. The maximum Gasteiger partial charge on any atom is 0.136 e. The fraction of sp³-hybridized carbons (Fsp3) is 0.545. The lowest BCUT2D eigenvalue weighted by atomic mass is 10.0. The molecule has 0 amide bonds. The number of piperazine rings is 1. The highest BCUT2D eigenvalue weighted by molar-refractivity contribution is 5.51. The molecule has 152 valence electrons. The number of nitrogens with zero attached hydrogens (tertiary/aromatic N) is 4. The fourth-order valence-electron chi connectivity index (χ4n) is 3.65. The number of rotatable bonds is 6. The molecule has 6 heteroatoms. The van der Waals surface area contributed by atoms with Crippen LogP contribution in [-0.2, 0) is 6.42 Å². The number of aryl methyl sites for hydroxylation is 2. The first-order chi connectivity index (χ1) is 13.3. The van der Waals surface area contributed by atoms with Crippen molar-refractivity contribution in [3.05, 3.63) is 52.7 Å². The third-order valence-corrected chi connectivity index (χ3v) is 5.46. The summed E-state index contributed by atoms with van der Waals surface area (Å²) in [5.74, 6) is 1.76. The molecule has 1 aliphatic heterocycles. The minimum absolute atomic E-state index is 0.220. The van der Waals surface area contributed by atoms with Crippen molar-refractivity contribution in [3.8, 4) is 0 Å². The molecule has 0 saturated carbocycles. The molecule has 0 bridgehead atoms. The van der Waals surface area contributed by atoms with Crippen LogP contribution in [0.1, 0.15) is 36.5 Å². The quantitative estimate of drug-likeness (QED) is 0.827. The molecule has 1 aromatic heterocycles. The first-order valence-electron chi connectivity index (χ1n) is 10.1. The summed E-state index contributed by atoms with van der Waals surface area (Å²) < 4.78 is 13.6. The summed E-state index contributed by atoms with van der Waals surface area (Å²) in [4.78, 5) is 13.9. The van der Waals surface area contributed by atoms with Crippen LogP contribution in [0.4, 0.5) is 10.2 Å². The van der Waals surface area contributed by atoms with Gasteiger partial charge in [-0.15, -0.1) is 0 Å². The number of hydrogen-bond donors (Lipinski definition) is 1. The topological polar surface area (TPSA) is 52.5 Å². The minimum Gasteiger partial charge on any atom is -0.392 e. The number of aliphatic hydroxyl groups is 1. The Kier molecular flexibility index (Phi) is 6.62. The molecule has 0 spiro atoms. The van der Waals surface area contributed by atoms with Gasteiger partial charge in [0, 0.05) is 50.4 Å². The molecule has 1 atom stereocenters. The second kappa shape index (κ2) is 8.97. The first kappa shape index (κ1) is 20.7. The Morgan fingerprint density at radius 2 is 1.82 bits per heavy atom. The highest BCUT2D eigenvalue weighted by atomic mass is 19.1. The lowest BCUT2D eigenvalue weighted by Gasteiger charge is -2.37. The SMILES string of the molecule is Cc1nc(C)c(Cc2cccc(F)c2)c(N2CCN(CC(O)C(C)C)CC2)n1. The van der Waals surface area contributed by atoms with E-state index in [1.165, 1.54) is 6.07 Å². The van der Waals surface area contributed by atoms with Crippen molar-refractivity contribution in [2.75, 3.05) is 37.6 Å². The van der Waals surface area contributed by atoms with Crippen molar-refractivity contribution in [2.45, 2.75) is 40.2 Å². The van der Waals surface area contributed by atoms with Crippen LogP contribution in [0.5, 0.6) is 0 Å². The summed E-state index contributed by atoms with van der Waals surface area (Å²) in [7, 11) is 0. The van der Waals surface area contributed by atoms with Gasteiger partial charge >= 0.3 is 0 Å². The van der Waals surface area contributed by atoms with Crippen LogP contribution in [0, 0.1) is 25.6 Å². The van der Waals surface area contributed by atoms with Gasteiger partial charge in [-0.05, 0) is 37.5 Å². The molecule has 3 rings (SSSR count). The number of aliphatic hydroxyl groups excluding tert-OH is 1. The van der Waals surface area contributed by atoms with Crippen LogP contribution < -0.4 is 4.90 Å². The lowest BCUT2D eigenvalue weighted by Crippen LogP contribution is -2.49. The molecule has 1 N–H and O–H groups in total. The van der Waals surface area contributed by atoms with Crippen LogP contribution in [0.2, 0.25) is 0 Å². The normalized spacial score (nSPS) is 16.6. The molecule has 0 radical (unpaired) electrons. The summed E-state index contributed by atoms with van der Waals surface area (Å²) in [6.07, 6.45) is 0.324. The van der Waals surface area contributed by atoms with E-state index in [0.29, 0.717) is 13.0 Å². The van der Waals surface area contributed by atoms with E-state index in [2.05, 4.69) is 14.8 Å². The van der Waals surface area contributed by atoms with E-state index in [4.69, 9.17) is 4.98 Å². The van der Waals surface area contributed by atoms with Gasteiger partial charge in [-0.1, -0.05) is 26.0 Å². The molecule has 1 fully saturated rings. The number of benzene rings is 1. The second-order valence-electron chi connectivity index (χ2n) is 8.06. The molecule has 2 aromatic rings. The standard InChI is InChI=1S/C22H31FN4O/c1-15(2)21(28)14-26-8-10-27(11-9-26)22-20(16(3)24-17(4)25-22)13-18-6-5-7-19(23)12-18/h5-7,12,15,21,28H,8-11,13-14H2,1-4H3. The number of β-amino-alcohol motifs (C(OH)–C–C–N with tert-alkyl or cyclic N) is 1. The lowest BCUT2D eigenvalue weighted by molar-refractivity contribution is 0.0738. The largest absolute Gasteiger partial charge is 0.392 e. The minimum atomic E-state index is -0.293. The Hall–Kier alpha value is -2.05.